The second-order valence-electron chi connectivity index (χ2n) is 5.14. The quantitative estimate of drug-likeness (QED) is 0.740. The molecule has 1 N–H and O–H groups in total. The van der Waals surface area contributed by atoms with Gasteiger partial charge in [0.05, 0.1) is 24.9 Å². The van der Waals surface area contributed by atoms with Crippen LogP contribution in [0.2, 0.25) is 0 Å². The van der Waals surface area contributed by atoms with Gasteiger partial charge < -0.3 is 9.84 Å². The maximum Gasteiger partial charge on any atom is 0.323 e. The lowest BCUT2D eigenvalue weighted by Gasteiger charge is -2.29. The molecule has 0 aromatic heterocycles. The molecule has 0 unspecified atom stereocenters. The predicted octanol–water partition coefficient (Wildman–Crippen LogP) is 1.45. The van der Waals surface area contributed by atoms with Gasteiger partial charge in [-0.25, -0.2) is 0 Å². The molecule has 0 aromatic rings. The van der Waals surface area contributed by atoms with Gasteiger partial charge in [0, 0.05) is 6.42 Å². The maximum absolute atomic E-state index is 11.1. The Bertz CT molecular complexity index is 285. The van der Waals surface area contributed by atoms with Gasteiger partial charge in [0.1, 0.15) is 6.04 Å². The van der Waals surface area contributed by atoms with Crippen LogP contribution in [0, 0.1) is 0 Å². The normalized spacial score (nSPS) is 26.1. The van der Waals surface area contributed by atoms with E-state index in [9.17, 15) is 4.79 Å². The summed E-state index contributed by atoms with van der Waals surface area (Å²) < 4.78 is 5.47. The number of carboxylic acid groups (broad SMARTS) is 1. The largest absolute Gasteiger partial charge is 0.480 e. The summed E-state index contributed by atoms with van der Waals surface area (Å²) in [6.07, 6.45) is 1.99. The number of carbonyl (C=O) groups is 1. The molecule has 1 saturated heterocycles. The molecule has 1 fully saturated rings. The minimum absolute atomic E-state index is 0.114. The van der Waals surface area contributed by atoms with E-state index in [0.29, 0.717) is 19.6 Å². The molecule has 1 aliphatic rings. The van der Waals surface area contributed by atoms with Gasteiger partial charge in [0.15, 0.2) is 0 Å². The van der Waals surface area contributed by atoms with E-state index >= 15 is 0 Å². The molecule has 0 saturated carbocycles. The number of aliphatic carboxylic acids is 1. The molecule has 5 heteroatoms. The van der Waals surface area contributed by atoms with Crippen molar-refractivity contribution in [2.75, 3.05) is 13.2 Å². The predicted molar refractivity (Wildman–Crippen MR) is 63.5 cm³/mol. The zero-order valence-electron chi connectivity index (χ0n) is 10.7. The van der Waals surface area contributed by atoms with Crippen LogP contribution in [0.4, 0.5) is 0 Å². The summed E-state index contributed by atoms with van der Waals surface area (Å²) in [6.45, 7) is 10.2. The lowest BCUT2D eigenvalue weighted by molar-refractivity contribution is -0.240. The summed E-state index contributed by atoms with van der Waals surface area (Å²) in [5.41, 5.74) is -0.402. The van der Waals surface area contributed by atoms with E-state index < -0.39 is 17.6 Å². The Morgan fingerprint density at radius 2 is 2.24 bits per heavy atom. The minimum Gasteiger partial charge on any atom is -0.480 e. The standard InChI is InChI=1S/C12H21NO4/c1-5-6-16-9-7-10(11(14)15)13(8-9)17-12(2,3)4/h5,9-10H,1,6-8H2,2-4H3,(H,14,15)/t9-,10+/m1/s1. The smallest absolute Gasteiger partial charge is 0.323 e. The zero-order chi connectivity index (χ0) is 13.1. The van der Waals surface area contributed by atoms with Crippen molar-refractivity contribution in [3.8, 4) is 0 Å². The van der Waals surface area contributed by atoms with Crippen LogP contribution < -0.4 is 0 Å². The Labute approximate surface area is 102 Å². The topological polar surface area (TPSA) is 59.0 Å². The van der Waals surface area contributed by atoms with E-state index in [1.807, 2.05) is 20.8 Å². The van der Waals surface area contributed by atoms with Gasteiger partial charge in [0.25, 0.3) is 0 Å². The number of nitrogens with zero attached hydrogens (tertiary/aromatic N) is 1. The second-order valence-corrected chi connectivity index (χ2v) is 5.14. The number of rotatable bonds is 5. The second kappa shape index (κ2) is 5.62. The first-order chi connectivity index (χ1) is 7.83. The summed E-state index contributed by atoms with van der Waals surface area (Å²) in [6, 6.07) is -0.635. The number of hydrogen-bond donors (Lipinski definition) is 1. The van der Waals surface area contributed by atoms with Crippen molar-refractivity contribution in [2.45, 2.75) is 44.9 Å². The van der Waals surface area contributed by atoms with Gasteiger partial charge >= 0.3 is 5.97 Å². The summed E-state index contributed by atoms with van der Waals surface area (Å²) in [4.78, 5) is 16.7. The number of carboxylic acids is 1. The number of hydrogen-bond acceptors (Lipinski definition) is 4. The molecule has 0 radical (unpaired) electrons. The molecule has 2 atom stereocenters. The average Bonchev–Trinajstić information content (AvgIpc) is 2.55. The van der Waals surface area contributed by atoms with Crippen LogP contribution in [-0.4, -0.2) is 47.0 Å². The average molecular weight is 243 g/mol. The van der Waals surface area contributed by atoms with Crippen LogP contribution in [0.5, 0.6) is 0 Å². The fourth-order valence-electron chi connectivity index (χ4n) is 1.77. The molecule has 1 aliphatic heterocycles. The van der Waals surface area contributed by atoms with Crippen molar-refractivity contribution < 1.29 is 19.5 Å². The van der Waals surface area contributed by atoms with Crippen molar-refractivity contribution in [3.63, 3.8) is 0 Å². The minimum atomic E-state index is -0.876. The van der Waals surface area contributed by atoms with Crippen LogP contribution in [0.3, 0.4) is 0 Å². The van der Waals surface area contributed by atoms with Crippen molar-refractivity contribution in [1.29, 1.82) is 0 Å². The summed E-state index contributed by atoms with van der Waals surface area (Å²) >= 11 is 0. The van der Waals surface area contributed by atoms with E-state index in [0.717, 1.165) is 0 Å². The lowest BCUT2D eigenvalue weighted by Crippen LogP contribution is -2.41. The van der Waals surface area contributed by atoms with E-state index in [4.69, 9.17) is 14.7 Å². The third kappa shape index (κ3) is 4.46. The van der Waals surface area contributed by atoms with E-state index in [2.05, 4.69) is 6.58 Å². The van der Waals surface area contributed by atoms with Crippen LogP contribution >= 0.6 is 0 Å². The molecule has 1 heterocycles. The van der Waals surface area contributed by atoms with E-state index in [-0.39, 0.29) is 6.10 Å². The van der Waals surface area contributed by atoms with Gasteiger partial charge in [-0.1, -0.05) is 6.08 Å². The molecule has 98 valence electrons. The van der Waals surface area contributed by atoms with Gasteiger partial charge in [-0.05, 0) is 20.8 Å². The Hall–Kier alpha value is -0.910. The first-order valence-corrected chi connectivity index (χ1v) is 5.74. The first kappa shape index (κ1) is 14.2. The van der Waals surface area contributed by atoms with Crippen molar-refractivity contribution in [1.82, 2.24) is 5.06 Å². The van der Waals surface area contributed by atoms with Crippen molar-refractivity contribution >= 4 is 5.97 Å². The summed E-state index contributed by atoms with van der Waals surface area (Å²) in [7, 11) is 0. The SMILES string of the molecule is C=CCO[C@@H]1C[C@@H](C(=O)O)N(OC(C)(C)C)C1. The Morgan fingerprint density at radius 1 is 1.59 bits per heavy atom. The molecule has 17 heavy (non-hydrogen) atoms. The molecule has 5 nitrogen and oxygen atoms in total. The van der Waals surface area contributed by atoms with Gasteiger partial charge in [-0.2, -0.15) is 5.06 Å². The molecule has 0 aliphatic carbocycles. The molecule has 0 spiro atoms. The highest BCUT2D eigenvalue weighted by molar-refractivity contribution is 5.73. The van der Waals surface area contributed by atoms with Gasteiger partial charge in [-0.15, -0.1) is 6.58 Å². The highest BCUT2D eigenvalue weighted by atomic mass is 16.7. The summed E-state index contributed by atoms with van der Waals surface area (Å²) in [5, 5.41) is 10.6. The fourth-order valence-corrected chi connectivity index (χ4v) is 1.77. The number of hydroxylamine groups is 2. The molecule has 0 aromatic carbocycles. The summed E-state index contributed by atoms with van der Waals surface area (Å²) in [5.74, 6) is -0.876. The van der Waals surface area contributed by atoms with Crippen LogP contribution in [0.1, 0.15) is 27.2 Å². The van der Waals surface area contributed by atoms with Crippen LogP contribution in [-0.2, 0) is 14.4 Å². The van der Waals surface area contributed by atoms with Crippen LogP contribution in [0.25, 0.3) is 0 Å². The fraction of sp³-hybridized carbons (Fsp3) is 0.750. The highest BCUT2D eigenvalue weighted by Gasteiger charge is 2.40. The molecular formula is C12H21NO4. The van der Waals surface area contributed by atoms with E-state index in [1.54, 1.807) is 6.08 Å². The lowest BCUT2D eigenvalue weighted by atomic mass is 10.2. The first-order valence-electron chi connectivity index (χ1n) is 5.74. The van der Waals surface area contributed by atoms with Crippen molar-refractivity contribution in [2.24, 2.45) is 0 Å². The molecular weight excluding hydrogens is 222 g/mol. The Kier molecular flexibility index (Phi) is 4.68. The number of ether oxygens (including phenoxy) is 1. The molecule has 0 amide bonds. The van der Waals surface area contributed by atoms with Crippen molar-refractivity contribution in [3.05, 3.63) is 12.7 Å². The van der Waals surface area contributed by atoms with Gasteiger partial charge in [-0.3, -0.25) is 9.63 Å². The molecule has 1 rings (SSSR count). The zero-order valence-corrected chi connectivity index (χ0v) is 10.7. The Balaban J connectivity index is 2.60. The highest BCUT2D eigenvalue weighted by Crippen LogP contribution is 2.24. The van der Waals surface area contributed by atoms with E-state index in [1.165, 1.54) is 5.06 Å². The monoisotopic (exact) mass is 243 g/mol. The Morgan fingerprint density at radius 3 is 2.71 bits per heavy atom. The van der Waals surface area contributed by atoms with Gasteiger partial charge in [0.2, 0.25) is 0 Å². The molecule has 0 bridgehead atoms. The maximum atomic E-state index is 11.1. The third-order valence-electron chi connectivity index (χ3n) is 2.34. The van der Waals surface area contributed by atoms with Crippen LogP contribution in [0.15, 0.2) is 12.7 Å². The third-order valence-corrected chi connectivity index (χ3v) is 2.34.